The highest BCUT2D eigenvalue weighted by Crippen LogP contribution is 2.05. The molecule has 12 heavy (non-hydrogen) atoms. The van der Waals surface area contributed by atoms with E-state index in [1.165, 1.54) is 14.2 Å². The summed E-state index contributed by atoms with van der Waals surface area (Å²) >= 11 is 0. The fraction of sp³-hybridized carbons (Fsp3) is 0.875. The number of hydrogen-bond acceptors (Lipinski definition) is 4. The Labute approximate surface area is 72.5 Å². The normalized spacial score (nSPS) is 13.4. The topological polar surface area (TPSA) is 55.8 Å². The summed E-state index contributed by atoms with van der Waals surface area (Å²) in [5, 5.41) is 9.34. The first-order valence-corrected chi connectivity index (χ1v) is 3.91. The number of hydrogen-bond donors (Lipinski definition) is 1. The molecular weight excluding hydrogens is 160 g/mol. The van der Waals surface area contributed by atoms with Crippen LogP contribution in [0.1, 0.15) is 19.8 Å². The van der Waals surface area contributed by atoms with Crippen molar-refractivity contribution in [2.45, 2.75) is 32.2 Å². The van der Waals surface area contributed by atoms with Gasteiger partial charge < -0.3 is 14.6 Å². The second-order valence-corrected chi connectivity index (χ2v) is 2.50. The van der Waals surface area contributed by atoms with E-state index < -0.39 is 12.4 Å². The molecule has 0 aromatic rings. The number of Topliss-reactive ketones (excluding diaryl/α,β-unsaturated/α-hetero) is 1. The number of ketones is 1. The lowest BCUT2D eigenvalue weighted by atomic mass is 10.1. The lowest BCUT2D eigenvalue weighted by molar-refractivity contribution is -0.168. The second-order valence-electron chi connectivity index (χ2n) is 2.50. The van der Waals surface area contributed by atoms with Crippen molar-refractivity contribution in [3.63, 3.8) is 0 Å². The molecule has 0 aliphatic heterocycles. The van der Waals surface area contributed by atoms with Gasteiger partial charge in [-0.05, 0) is 0 Å². The van der Waals surface area contributed by atoms with E-state index >= 15 is 0 Å². The fourth-order valence-electron chi connectivity index (χ4n) is 0.884. The van der Waals surface area contributed by atoms with Crippen molar-refractivity contribution in [3.05, 3.63) is 0 Å². The third-order valence-corrected chi connectivity index (χ3v) is 1.61. The first kappa shape index (κ1) is 11.6. The number of aliphatic hydroxyl groups excluding tert-OH is 1. The Balaban J connectivity index is 3.83. The zero-order valence-corrected chi connectivity index (χ0v) is 7.74. The van der Waals surface area contributed by atoms with Gasteiger partial charge >= 0.3 is 0 Å². The zero-order valence-electron chi connectivity index (χ0n) is 7.74. The number of carbonyl (C=O) groups excluding carboxylic acids is 1. The molecule has 0 saturated carbocycles. The Bertz CT molecular complexity index is 131. The third kappa shape index (κ3) is 3.80. The van der Waals surface area contributed by atoms with E-state index in [9.17, 15) is 9.90 Å². The summed E-state index contributed by atoms with van der Waals surface area (Å²) in [4.78, 5) is 10.9. The van der Waals surface area contributed by atoms with Gasteiger partial charge in [0, 0.05) is 27.1 Å². The predicted octanol–water partition coefficient (Wildman–Crippen LogP) is 0.335. The highest BCUT2D eigenvalue weighted by molar-refractivity contribution is 5.78. The van der Waals surface area contributed by atoms with E-state index in [-0.39, 0.29) is 12.2 Å². The summed E-state index contributed by atoms with van der Waals surface area (Å²) in [6.45, 7) is 1.75. The minimum absolute atomic E-state index is 0.00148. The van der Waals surface area contributed by atoms with Gasteiger partial charge in [0.05, 0.1) is 0 Å². The van der Waals surface area contributed by atoms with Gasteiger partial charge in [-0.1, -0.05) is 6.92 Å². The van der Waals surface area contributed by atoms with Crippen LogP contribution in [0.2, 0.25) is 0 Å². The summed E-state index contributed by atoms with van der Waals surface area (Å²) in [5.41, 5.74) is 0. The van der Waals surface area contributed by atoms with Crippen LogP contribution in [0, 0.1) is 0 Å². The Hall–Kier alpha value is -0.450. The molecular formula is C8H16O4. The molecule has 0 radical (unpaired) electrons. The molecule has 0 unspecified atom stereocenters. The van der Waals surface area contributed by atoms with Gasteiger partial charge in [0.2, 0.25) is 0 Å². The molecule has 0 saturated heterocycles. The monoisotopic (exact) mass is 176 g/mol. The zero-order chi connectivity index (χ0) is 9.56. The lowest BCUT2D eigenvalue weighted by Crippen LogP contribution is -2.31. The Kier molecular flexibility index (Phi) is 5.88. The fourth-order valence-corrected chi connectivity index (χ4v) is 0.884. The van der Waals surface area contributed by atoms with Crippen LogP contribution in [0.5, 0.6) is 0 Å². The smallest absolute Gasteiger partial charge is 0.183 e. The third-order valence-electron chi connectivity index (χ3n) is 1.61. The van der Waals surface area contributed by atoms with Crippen molar-refractivity contribution in [3.8, 4) is 0 Å². The quantitative estimate of drug-likeness (QED) is 0.593. The molecule has 4 nitrogen and oxygen atoms in total. The Morgan fingerprint density at radius 2 is 1.92 bits per heavy atom. The summed E-state index contributed by atoms with van der Waals surface area (Å²) < 4.78 is 9.56. The predicted molar refractivity (Wildman–Crippen MR) is 43.7 cm³/mol. The first-order valence-electron chi connectivity index (χ1n) is 3.91. The van der Waals surface area contributed by atoms with Crippen molar-refractivity contribution in [1.29, 1.82) is 0 Å². The van der Waals surface area contributed by atoms with Crippen molar-refractivity contribution < 1.29 is 19.4 Å². The SMILES string of the molecule is CCC(=O)C[C@@H](O)C(OC)OC. The van der Waals surface area contributed by atoms with Gasteiger partial charge in [0.15, 0.2) is 6.29 Å². The lowest BCUT2D eigenvalue weighted by Gasteiger charge is -2.18. The Morgan fingerprint density at radius 3 is 2.25 bits per heavy atom. The molecule has 72 valence electrons. The molecule has 4 heteroatoms. The second kappa shape index (κ2) is 6.11. The van der Waals surface area contributed by atoms with E-state index in [1.807, 2.05) is 0 Å². The minimum atomic E-state index is -0.868. The summed E-state index contributed by atoms with van der Waals surface area (Å²) in [6, 6.07) is 0. The number of rotatable bonds is 6. The van der Waals surface area contributed by atoms with Gasteiger partial charge in [0.1, 0.15) is 11.9 Å². The highest BCUT2D eigenvalue weighted by atomic mass is 16.7. The molecule has 1 atom stereocenters. The molecule has 0 spiro atoms. The maximum absolute atomic E-state index is 10.9. The standard InChI is InChI=1S/C8H16O4/c1-4-6(9)5-7(10)8(11-2)12-3/h7-8,10H,4-5H2,1-3H3/t7-/m1/s1. The molecule has 0 aromatic heterocycles. The van der Waals surface area contributed by atoms with E-state index in [4.69, 9.17) is 9.47 Å². The van der Waals surface area contributed by atoms with Crippen molar-refractivity contribution in [1.82, 2.24) is 0 Å². The average Bonchev–Trinajstić information content (AvgIpc) is 2.06. The maximum Gasteiger partial charge on any atom is 0.183 e. The van der Waals surface area contributed by atoms with Gasteiger partial charge in [-0.25, -0.2) is 0 Å². The first-order chi connectivity index (χ1) is 5.65. The molecule has 0 heterocycles. The molecule has 0 amide bonds. The van der Waals surface area contributed by atoms with Crippen LogP contribution in [0.3, 0.4) is 0 Å². The number of methoxy groups -OCH3 is 2. The van der Waals surface area contributed by atoms with E-state index in [1.54, 1.807) is 6.92 Å². The molecule has 0 fully saturated rings. The summed E-state index contributed by atoms with van der Waals surface area (Å²) in [7, 11) is 2.85. The number of ether oxygens (including phenoxy) is 2. The molecule has 0 aliphatic carbocycles. The van der Waals surface area contributed by atoms with E-state index in [2.05, 4.69) is 0 Å². The molecule has 0 bridgehead atoms. The van der Waals surface area contributed by atoms with Gasteiger partial charge in [-0.3, -0.25) is 4.79 Å². The summed E-state index contributed by atoms with van der Waals surface area (Å²) in [6.07, 6.45) is -1.06. The van der Waals surface area contributed by atoms with E-state index in [0.29, 0.717) is 6.42 Å². The Morgan fingerprint density at radius 1 is 1.42 bits per heavy atom. The van der Waals surface area contributed by atoms with Gasteiger partial charge in [-0.15, -0.1) is 0 Å². The van der Waals surface area contributed by atoms with Crippen molar-refractivity contribution >= 4 is 5.78 Å². The molecule has 1 N–H and O–H groups in total. The maximum atomic E-state index is 10.9. The van der Waals surface area contributed by atoms with Crippen LogP contribution in [-0.4, -0.2) is 37.5 Å². The minimum Gasteiger partial charge on any atom is -0.387 e. The number of carbonyl (C=O) groups is 1. The van der Waals surface area contributed by atoms with E-state index in [0.717, 1.165) is 0 Å². The molecule has 0 rings (SSSR count). The van der Waals surface area contributed by atoms with Crippen LogP contribution >= 0.6 is 0 Å². The van der Waals surface area contributed by atoms with Crippen LogP contribution in [0.15, 0.2) is 0 Å². The van der Waals surface area contributed by atoms with Gasteiger partial charge in [-0.2, -0.15) is 0 Å². The van der Waals surface area contributed by atoms with Crippen LogP contribution < -0.4 is 0 Å². The van der Waals surface area contributed by atoms with Crippen LogP contribution in [0.25, 0.3) is 0 Å². The number of aliphatic hydroxyl groups is 1. The van der Waals surface area contributed by atoms with Gasteiger partial charge in [0.25, 0.3) is 0 Å². The molecule has 0 aliphatic rings. The van der Waals surface area contributed by atoms with Crippen molar-refractivity contribution in [2.75, 3.05) is 14.2 Å². The van der Waals surface area contributed by atoms with Crippen LogP contribution in [-0.2, 0) is 14.3 Å². The largest absolute Gasteiger partial charge is 0.387 e. The molecule has 0 aromatic carbocycles. The van der Waals surface area contributed by atoms with Crippen LogP contribution in [0.4, 0.5) is 0 Å². The summed E-state index contributed by atoms with van der Waals surface area (Å²) in [5.74, 6) is 0.00148. The van der Waals surface area contributed by atoms with Crippen molar-refractivity contribution in [2.24, 2.45) is 0 Å². The average molecular weight is 176 g/mol. The highest BCUT2D eigenvalue weighted by Gasteiger charge is 2.19.